The van der Waals surface area contributed by atoms with Gasteiger partial charge in [-0.2, -0.15) is 26.3 Å². The van der Waals surface area contributed by atoms with E-state index in [-0.39, 0.29) is 6.54 Å². The molecule has 0 radical (unpaired) electrons. The maximum absolute atomic E-state index is 12.1. The molecule has 0 saturated carbocycles. The topological polar surface area (TPSA) is 21.3 Å². The molecule has 0 aliphatic rings. The van der Waals surface area contributed by atoms with Crippen molar-refractivity contribution in [3.8, 4) is 0 Å². The maximum Gasteiger partial charge on any atom is 0.423 e. The molecule has 0 aliphatic carbocycles. The van der Waals surface area contributed by atoms with Crippen LogP contribution in [-0.2, 0) is 4.74 Å². The van der Waals surface area contributed by atoms with Gasteiger partial charge in [-0.05, 0) is 7.05 Å². The lowest BCUT2D eigenvalue weighted by molar-refractivity contribution is -0.325. The Morgan fingerprint density at radius 3 is 1.71 bits per heavy atom. The second-order valence-electron chi connectivity index (χ2n) is 4.47. The molecule has 0 aromatic rings. The summed E-state index contributed by atoms with van der Waals surface area (Å²) in [5.41, 5.74) is -0.816. The minimum atomic E-state index is -5.45. The second-order valence-corrected chi connectivity index (χ2v) is 4.47. The summed E-state index contributed by atoms with van der Waals surface area (Å²) in [5.74, 6) is 0. The first-order chi connectivity index (χ1) is 7.40. The molecule has 0 atom stereocenters. The van der Waals surface area contributed by atoms with Gasteiger partial charge in [0.15, 0.2) is 0 Å². The number of halogens is 6. The van der Waals surface area contributed by atoms with Crippen LogP contribution in [0.1, 0.15) is 13.8 Å². The lowest BCUT2D eigenvalue weighted by Crippen LogP contribution is -2.46. The SMILES string of the molecule is CNCC(C)(C)COC(C(F)(F)F)C(F)(F)F. The van der Waals surface area contributed by atoms with E-state index in [9.17, 15) is 26.3 Å². The predicted molar refractivity (Wildman–Crippen MR) is 49.6 cm³/mol. The van der Waals surface area contributed by atoms with Gasteiger partial charge < -0.3 is 10.1 Å². The summed E-state index contributed by atoms with van der Waals surface area (Å²) in [4.78, 5) is 0. The molecular weight excluding hydrogens is 252 g/mol. The molecule has 0 unspecified atom stereocenters. The normalized spacial score (nSPS) is 14.5. The van der Waals surface area contributed by atoms with Crippen LogP contribution in [0.5, 0.6) is 0 Å². The summed E-state index contributed by atoms with van der Waals surface area (Å²) in [5, 5.41) is 2.67. The van der Waals surface area contributed by atoms with Gasteiger partial charge in [0.25, 0.3) is 0 Å². The van der Waals surface area contributed by atoms with Crippen LogP contribution in [-0.4, -0.2) is 38.7 Å². The smallest absolute Gasteiger partial charge is 0.360 e. The molecule has 0 saturated heterocycles. The van der Waals surface area contributed by atoms with Gasteiger partial charge >= 0.3 is 12.4 Å². The summed E-state index contributed by atoms with van der Waals surface area (Å²) in [7, 11) is 1.55. The van der Waals surface area contributed by atoms with Crippen molar-refractivity contribution in [3.05, 3.63) is 0 Å². The van der Waals surface area contributed by atoms with E-state index in [1.54, 1.807) is 7.05 Å². The number of ether oxygens (including phenoxy) is 1. The number of hydrogen-bond donors (Lipinski definition) is 1. The van der Waals surface area contributed by atoms with Gasteiger partial charge in [0, 0.05) is 12.0 Å². The molecule has 0 aromatic carbocycles. The van der Waals surface area contributed by atoms with E-state index in [1.807, 2.05) is 0 Å². The molecule has 104 valence electrons. The highest BCUT2D eigenvalue weighted by molar-refractivity contribution is 4.78. The van der Waals surface area contributed by atoms with E-state index in [0.29, 0.717) is 0 Å². The van der Waals surface area contributed by atoms with Crippen molar-refractivity contribution in [1.82, 2.24) is 5.32 Å². The zero-order chi connectivity index (χ0) is 13.9. The zero-order valence-electron chi connectivity index (χ0n) is 9.67. The van der Waals surface area contributed by atoms with Crippen LogP contribution in [0.2, 0.25) is 0 Å². The molecule has 17 heavy (non-hydrogen) atoms. The van der Waals surface area contributed by atoms with E-state index >= 15 is 0 Å². The number of hydrogen-bond acceptors (Lipinski definition) is 2. The highest BCUT2D eigenvalue weighted by Crippen LogP contribution is 2.36. The van der Waals surface area contributed by atoms with Crippen molar-refractivity contribution < 1.29 is 31.1 Å². The van der Waals surface area contributed by atoms with Gasteiger partial charge in [-0.3, -0.25) is 0 Å². The van der Waals surface area contributed by atoms with Crippen molar-refractivity contribution in [2.75, 3.05) is 20.2 Å². The number of alkyl halides is 6. The van der Waals surface area contributed by atoms with Gasteiger partial charge in [-0.25, -0.2) is 0 Å². The van der Waals surface area contributed by atoms with Crippen LogP contribution in [0.3, 0.4) is 0 Å². The van der Waals surface area contributed by atoms with Crippen molar-refractivity contribution in [2.24, 2.45) is 5.41 Å². The van der Waals surface area contributed by atoms with E-state index in [4.69, 9.17) is 0 Å². The molecule has 0 rings (SSSR count). The van der Waals surface area contributed by atoms with Gasteiger partial charge in [0.2, 0.25) is 6.10 Å². The lowest BCUT2D eigenvalue weighted by atomic mass is 9.95. The minimum absolute atomic E-state index is 0.245. The number of nitrogens with one attached hydrogen (secondary N) is 1. The van der Waals surface area contributed by atoms with Crippen LogP contribution in [0.4, 0.5) is 26.3 Å². The third-order valence-corrected chi connectivity index (χ3v) is 1.89. The average molecular weight is 267 g/mol. The minimum Gasteiger partial charge on any atom is -0.360 e. The van der Waals surface area contributed by atoms with Crippen LogP contribution < -0.4 is 5.32 Å². The van der Waals surface area contributed by atoms with Crippen LogP contribution in [0, 0.1) is 5.41 Å². The Kier molecular flexibility index (Phi) is 5.27. The first-order valence-electron chi connectivity index (χ1n) is 4.80. The average Bonchev–Trinajstić information content (AvgIpc) is 1.97. The molecular formula is C9H15F6NO. The molecule has 8 heteroatoms. The summed E-state index contributed by atoms with van der Waals surface area (Å²) in [6, 6.07) is 0. The molecule has 0 aromatic heterocycles. The molecule has 0 fully saturated rings. The van der Waals surface area contributed by atoms with Crippen molar-refractivity contribution >= 4 is 0 Å². The van der Waals surface area contributed by atoms with E-state index < -0.39 is 30.5 Å². The third-order valence-electron chi connectivity index (χ3n) is 1.89. The Morgan fingerprint density at radius 2 is 1.41 bits per heavy atom. The molecule has 0 heterocycles. The Labute approximate surface area is 95.3 Å². The monoisotopic (exact) mass is 267 g/mol. The van der Waals surface area contributed by atoms with Crippen molar-refractivity contribution in [1.29, 1.82) is 0 Å². The Morgan fingerprint density at radius 1 is 1.00 bits per heavy atom. The van der Waals surface area contributed by atoms with Crippen LogP contribution >= 0.6 is 0 Å². The standard InChI is InChI=1S/C9H15F6NO/c1-7(2,4-16-3)5-17-6(8(10,11)12)9(13,14)15/h6,16H,4-5H2,1-3H3. The van der Waals surface area contributed by atoms with E-state index in [2.05, 4.69) is 10.1 Å². The lowest BCUT2D eigenvalue weighted by Gasteiger charge is -2.29. The van der Waals surface area contributed by atoms with Gasteiger partial charge in [0.05, 0.1) is 6.61 Å². The molecule has 0 bridgehead atoms. The first-order valence-corrected chi connectivity index (χ1v) is 4.80. The fraction of sp³-hybridized carbons (Fsp3) is 1.00. The van der Waals surface area contributed by atoms with Gasteiger partial charge in [-0.1, -0.05) is 13.8 Å². The molecule has 0 amide bonds. The van der Waals surface area contributed by atoms with E-state index in [1.165, 1.54) is 13.8 Å². The molecule has 0 spiro atoms. The Bertz CT molecular complexity index is 221. The summed E-state index contributed by atoms with van der Waals surface area (Å²) in [6.45, 7) is 2.62. The molecule has 2 nitrogen and oxygen atoms in total. The van der Waals surface area contributed by atoms with Crippen molar-refractivity contribution in [2.45, 2.75) is 32.3 Å². The molecule has 0 aliphatic heterocycles. The Hall–Kier alpha value is -0.500. The quantitative estimate of drug-likeness (QED) is 0.773. The predicted octanol–water partition coefficient (Wildman–Crippen LogP) is 2.74. The van der Waals surface area contributed by atoms with Crippen LogP contribution in [0.25, 0.3) is 0 Å². The largest absolute Gasteiger partial charge is 0.423 e. The Balaban J connectivity index is 4.59. The van der Waals surface area contributed by atoms with Gasteiger partial charge in [-0.15, -0.1) is 0 Å². The highest BCUT2D eigenvalue weighted by atomic mass is 19.4. The summed E-state index contributed by atoms with van der Waals surface area (Å²) >= 11 is 0. The van der Waals surface area contributed by atoms with Crippen molar-refractivity contribution in [3.63, 3.8) is 0 Å². The fourth-order valence-corrected chi connectivity index (χ4v) is 1.21. The summed E-state index contributed by atoms with van der Waals surface area (Å²) < 4.78 is 76.7. The highest BCUT2D eigenvalue weighted by Gasteiger charge is 2.58. The zero-order valence-corrected chi connectivity index (χ0v) is 9.67. The fourth-order valence-electron chi connectivity index (χ4n) is 1.21. The summed E-state index contributed by atoms with van der Waals surface area (Å²) in [6.07, 6.45) is -14.6. The third kappa shape index (κ3) is 6.11. The van der Waals surface area contributed by atoms with E-state index in [0.717, 1.165) is 0 Å². The maximum atomic E-state index is 12.1. The number of rotatable bonds is 5. The van der Waals surface area contributed by atoms with Crippen LogP contribution in [0.15, 0.2) is 0 Å². The second kappa shape index (κ2) is 5.43. The van der Waals surface area contributed by atoms with Gasteiger partial charge in [0.1, 0.15) is 0 Å². The first kappa shape index (κ1) is 16.5. The molecule has 1 N–H and O–H groups in total.